The third-order valence-corrected chi connectivity index (χ3v) is 5.26. The molecule has 3 rings (SSSR count). The van der Waals surface area contributed by atoms with Crippen molar-refractivity contribution in [3.8, 4) is 0 Å². The molecule has 3 aromatic carbocycles. The van der Waals surface area contributed by atoms with E-state index in [1.807, 2.05) is 6.07 Å². The summed E-state index contributed by atoms with van der Waals surface area (Å²) in [5, 5.41) is 19.0. The van der Waals surface area contributed by atoms with E-state index in [1.165, 1.54) is 43.0 Å². The first-order valence-corrected chi connectivity index (χ1v) is 10.7. The van der Waals surface area contributed by atoms with E-state index in [9.17, 15) is 24.5 Å². The Labute approximate surface area is 193 Å². The van der Waals surface area contributed by atoms with E-state index in [0.29, 0.717) is 17.1 Å². The molecule has 0 aromatic heterocycles. The molecule has 0 aliphatic rings. The van der Waals surface area contributed by atoms with Gasteiger partial charge in [0, 0.05) is 46.6 Å². The van der Waals surface area contributed by atoms with Crippen LogP contribution < -0.4 is 16.0 Å². The number of hydrogen-bond acceptors (Lipinski definition) is 6. The summed E-state index contributed by atoms with van der Waals surface area (Å²) in [6.45, 7) is 1.42. The van der Waals surface area contributed by atoms with Gasteiger partial charge in [0.1, 0.15) is 0 Å². The third kappa shape index (κ3) is 7.18. The third-order valence-electron chi connectivity index (χ3n) is 4.27. The molecule has 0 fully saturated rings. The standard InChI is InChI=1S/C23H20N4O5S/c1-15(28)24-17-8-10-18(11-9-17)25-22(29)14-33-21-7-3-5-19(13-21)26-23(30)16-4-2-6-20(12-16)27(31)32/h2-13H,14H2,1H3,(H,24,28)(H,25,29)(H,26,30). The van der Waals surface area contributed by atoms with Gasteiger partial charge in [-0.2, -0.15) is 0 Å². The average Bonchev–Trinajstić information content (AvgIpc) is 2.79. The number of nitrogens with one attached hydrogen (secondary N) is 3. The summed E-state index contributed by atoms with van der Waals surface area (Å²) in [7, 11) is 0. The second-order valence-corrected chi connectivity index (χ2v) is 7.93. The van der Waals surface area contributed by atoms with Crippen molar-refractivity contribution in [3.63, 3.8) is 0 Å². The van der Waals surface area contributed by atoms with Crippen LogP contribution in [-0.2, 0) is 9.59 Å². The number of carbonyl (C=O) groups excluding carboxylic acids is 3. The summed E-state index contributed by atoms with van der Waals surface area (Å²) in [6, 6.07) is 19.2. The maximum Gasteiger partial charge on any atom is 0.270 e. The van der Waals surface area contributed by atoms with Gasteiger partial charge >= 0.3 is 0 Å². The number of nitro benzene ring substituents is 1. The second kappa shape index (κ2) is 10.9. The van der Waals surface area contributed by atoms with Gasteiger partial charge in [-0.15, -0.1) is 11.8 Å². The van der Waals surface area contributed by atoms with E-state index >= 15 is 0 Å². The lowest BCUT2D eigenvalue weighted by molar-refractivity contribution is -0.384. The summed E-state index contributed by atoms with van der Waals surface area (Å²) in [4.78, 5) is 46.8. The Morgan fingerprint density at radius 2 is 1.52 bits per heavy atom. The number of thioether (sulfide) groups is 1. The first kappa shape index (κ1) is 23.5. The largest absolute Gasteiger partial charge is 0.326 e. The van der Waals surface area contributed by atoms with Gasteiger partial charge in [-0.25, -0.2) is 0 Å². The average molecular weight is 465 g/mol. The van der Waals surface area contributed by atoms with Crippen LogP contribution in [0.3, 0.4) is 0 Å². The van der Waals surface area contributed by atoms with E-state index in [2.05, 4.69) is 16.0 Å². The van der Waals surface area contributed by atoms with Crippen molar-refractivity contribution < 1.29 is 19.3 Å². The van der Waals surface area contributed by atoms with Crippen LogP contribution in [0, 0.1) is 10.1 Å². The van der Waals surface area contributed by atoms with Gasteiger partial charge in [0.05, 0.1) is 10.7 Å². The molecule has 0 radical (unpaired) electrons. The Morgan fingerprint density at radius 3 is 2.18 bits per heavy atom. The normalized spacial score (nSPS) is 10.2. The smallest absolute Gasteiger partial charge is 0.270 e. The molecule has 168 valence electrons. The molecule has 10 heteroatoms. The highest BCUT2D eigenvalue weighted by molar-refractivity contribution is 8.00. The van der Waals surface area contributed by atoms with Gasteiger partial charge in [0.15, 0.2) is 0 Å². The predicted octanol–water partition coefficient (Wildman–Crippen LogP) is 4.54. The Bertz CT molecular complexity index is 1200. The number of hydrogen-bond donors (Lipinski definition) is 3. The topological polar surface area (TPSA) is 130 Å². The zero-order valence-corrected chi connectivity index (χ0v) is 18.3. The van der Waals surface area contributed by atoms with Crippen molar-refractivity contribution in [1.82, 2.24) is 0 Å². The van der Waals surface area contributed by atoms with Gasteiger partial charge in [0.2, 0.25) is 11.8 Å². The van der Waals surface area contributed by atoms with Crippen LogP contribution >= 0.6 is 11.8 Å². The molecule has 0 heterocycles. The van der Waals surface area contributed by atoms with E-state index in [-0.39, 0.29) is 28.8 Å². The number of non-ortho nitro benzene ring substituents is 1. The zero-order chi connectivity index (χ0) is 23.8. The zero-order valence-electron chi connectivity index (χ0n) is 17.5. The number of rotatable bonds is 8. The molecule has 0 spiro atoms. The summed E-state index contributed by atoms with van der Waals surface area (Å²) in [6.07, 6.45) is 0. The van der Waals surface area contributed by atoms with E-state index < -0.39 is 10.8 Å². The number of nitrogens with zero attached hydrogens (tertiary/aromatic N) is 1. The molecule has 0 atom stereocenters. The lowest BCUT2D eigenvalue weighted by Crippen LogP contribution is -2.14. The molecule has 0 aliphatic heterocycles. The first-order valence-electron chi connectivity index (χ1n) is 9.76. The fourth-order valence-corrected chi connectivity index (χ4v) is 3.57. The fraction of sp³-hybridized carbons (Fsp3) is 0.0870. The Kier molecular flexibility index (Phi) is 7.77. The molecular weight excluding hydrogens is 444 g/mol. The van der Waals surface area contributed by atoms with Crippen molar-refractivity contribution in [1.29, 1.82) is 0 Å². The SMILES string of the molecule is CC(=O)Nc1ccc(NC(=O)CSc2cccc(NC(=O)c3cccc([N+](=O)[O-])c3)c2)cc1. The van der Waals surface area contributed by atoms with Gasteiger partial charge in [-0.3, -0.25) is 24.5 Å². The Balaban J connectivity index is 1.55. The number of anilines is 3. The van der Waals surface area contributed by atoms with E-state index in [4.69, 9.17) is 0 Å². The highest BCUT2D eigenvalue weighted by Crippen LogP contribution is 2.23. The van der Waals surface area contributed by atoms with Crippen molar-refractivity contribution in [2.24, 2.45) is 0 Å². The Morgan fingerprint density at radius 1 is 0.848 bits per heavy atom. The van der Waals surface area contributed by atoms with E-state index in [0.717, 1.165) is 4.90 Å². The van der Waals surface area contributed by atoms with Crippen LogP contribution in [0.15, 0.2) is 77.7 Å². The van der Waals surface area contributed by atoms with Gasteiger partial charge in [-0.1, -0.05) is 12.1 Å². The molecular formula is C23H20N4O5S. The highest BCUT2D eigenvalue weighted by Gasteiger charge is 2.12. The molecule has 0 unspecified atom stereocenters. The molecule has 0 saturated carbocycles. The maximum atomic E-state index is 12.4. The van der Waals surface area contributed by atoms with Crippen molar-refractivity contribution >= 4 is 52.2 Å². The minimum atomic E-state index is -0.559. The van der Waals surface area contributed by atoms with Crippen LogP contribution in [0.5, 0.6) is 0 Å². The summed E-state index contributed by atoms with van der Waals surface area (Å²) in [5.41, 5.74) is 1.76. The van der Waals surface area contributed by atoms with Crippen LogP contribution in [0.2, 0.25) is 0 Å². The first-order chi connectivity index (χ1) is 15.8. The predicted molar refractivity (Wildman–Crippen MR) is 128 cm³/mol. The quantitative estimate of drug-likeness (QED) is 0.255. The molecule has 3 aromatic rings. The lowest BCUT2D eigenvalue weighted by atomic mass is 10.2. The van der Waals surface area contributed by atoms with Gasteiger partial charge < -0.3 is 16.0 Å². The number of nitro groups is 1. The molecule has 0 bridgehead atoms. The fourth-order valence-electron chi connectivity index (χ4n) is 2.81. The van der Waals surface area contributed by atoms with Crippen LogP contribution in [0.4, 0.5) is 22.7 Å². The molecule has 3 amide bonds. The van der Waals surface area contributed by atoms with Crippen LogP contribution in [-0.4, -0.2) is 28.4 Å². The molecule has 3 N–H and O–H groups in total. The number of amides is 3. The summed E-state index contributed by atoms with van der Waals surface area (Å²) < 4.78 is 0. The molecule has 9 nitrogen and oxygen atoms in total. The summed E-state index contributed by atoms with van der Waals surface area (Å²) >= 11 is 1.29. The lowest BCUT2D eigenvalue weighted by Gasteiger charge is -2.09. The minimum Gasteiger partial charge on any atom is -0.326 e. The van der Waals surface area contributed by atoms with Crippen LogP contribution in [0.1, 0.15) is 17.3 Å². The molecule has 0 saturated heterocycles. The monoisotopic (exact) mass is 464 g/mol. The molecule has 33 heavy (non-hydrogen) atoms. The van der Waals surface area contributed by atoms with Gasteiger partial charge in [0.25, 0.3) is 11.6 Å². The molecule has 0 aliphatic carbocycles. The van der Waals surface area contributed by atoms with E-state index in [1.54, 1.807) is 42.5 Å². The second-order valence-electron chi connectivity index (χ2n) is 6.88. The maximum absolute atomic E-state index is 12.4. The van der Waals surface area contributed by atoms with Gasteiger partial charge in [-0.05, 0) is 48.5 Å². The number of benzene rings is 3. The Hall–Kier alpha value is -4.18. The number of carbonyl (C=O) groups is 3. The van der Waals surface area contributed by atoms with Crippen LogP contribution in [0.25, 0.3) is 0 Å². The minimum absolute atomic E-state index is 0.149. The van der Waals surface area contributed by atoms with Crippen molar-refractivity contribution in [2.45, 2.75) is 11.8 Å². The highest BCUT2D eigenvalue weighted by atomic mass is 32.2. The summed E-state index contributed by atoms with van der Waals surface area (Å²) in [5.74, 6) is -0.707. The van der Waals surface area contributed by atoms with Crippen molar-refractivity contribution in [3.05, 3.63) is 88.5 Å². The van der Waals surface area contributed by atoms with Crippen molar-refractivity contribution in [2.75, 3.05) is 21.7 Å².